The molecule has 1 fully saturated rings. The molecule has 1 aromatic heterocycles. The number of halogens is 1. The Labute approximate surface area is 158 Å². The van der Waals surface area contributed by atoms with Crippen molar-refractivity contribution in [3.05, 3.63) is 52.3 Å². The van der Waals surface area contributed by atoms with E-state index in [0.717, 1.165) is 30.5 Å². The fourth-order valence-electron chi connectivity index (χ4n) is 4.06. The van der Waals surface area contributed by atoms with E-state index in [9.17, 15) is 9.90 Å². The van der Waals surface area contributed by atoms with Crippen LogP contribution in [0.15, 0.2) is 30.3 Å². The molecule has 4 rings (SSSR count). The molecule has 1 aliphatic carbocycles. The summed E-state index contributed by atoms with van der Waals surface area (Å²) in [6.07, 6.45) is 2.96. The largest absolute Gasteiger partial charge is 0.387 e. The molecule has 26 heavy (non-hydrogen) atoms. The predicted molar refractivity (Wildman–Crippen MR) is 99.9 cm³/mol. The van der Waals surface area contributed by atoms with E-state index in [-0.39, 0.29) is 5.91 Å². The molecule has 0 saturated heterocycles. The van der Waals surface area contributed by atoms with Crippen molar-refractivity contribution in [1.29, 1.82) is 0 Å². The highest BCUT2D eigenvalue weighted by atomic mass is 35.5. The highest BCUT2D eigenvalue weighted by molar-refractivity contribution is 6.30. The van der Waals surface area contributed by atoms with Crippen LogP contribution >= 0.6 is 11.6 Å². The fraction of sp³-hybridized carbons (Fsp3) is 0.500. The van der Waals surface area contributed by atoms with Crippen LogP contribution in [-0.2, 0) is 23.3 Å². The highest BCUT2D eigenvalue weighted by Gasteiger charge is 2.48. The van der Waals surface area contributed by atoms with Crippen LogP contribution in [0.2, 0.25) is 5.02 Å². The molecular weight excluding hydrogens is 350 g/mol. The number of aliphatic hydroxyl groups is 1. The van der Waals surface area contributed by atoms with E-state index in [2.05, 4.69) is 5.10 Å². The molecule has 0 radical (unpaired) electrons. The number of carbonyl (C=O) groups excluding carboxylic acids is 1. The summed E-state index contributed by atoms with van der Waals surface area (Å²) in [5.41, 5.74) is 2.36. The topological polar surface area (TPSA) is 58.4 Å². The van der Waals surface area contributed by atoms with E-state index in [1.807, 2.05) is 46.8 Å². The van der Waals surface area contributed by atoms with E-state index in [1.165, 1.54) is 0 Å². The second-order valence-corrected chi connectivity index (χ2v) is 7.81. The van der Waals surface area contributed by atoms with Crippen LogP contribution in [0.5, 0.6) is 0 Å². The van der Waals surface area contributed by atoms with Gasteiger partial charge in [0.05, 0.1) is 36.0 Å². The summed E-state index contributed by atoms with van der Waals surface area (Å²) in [6.45, 7) is 3.82. The van der Waals surface area contributed by atoms with Crippen molar-refractivity contribution >= 4 is 17.5 Å². The van der Waals surface area contributed by atoms with E-state index in [4.69, 9.17) is 11.6 Å². The van der Waals surface area contributed by atoms with Crippen molar-refractivity contribution in [3.63, 3.8) is 0 Å². The van der Waals surface area contributed by atoms with Crippen molar-refractivity contribution in [1.82, 2.24) is 14.7 Å². The molecule has 1 aliphatic heterocycles. The second-order valence-electron chi connectivity index (χ2n) is 7.38. The minimum absolute atomic E-state index is 0.205. The molecule has 138 valence electrons. The standard InChI is InChI=1S/C20H24ClN3O2/c1-2-18(25)17-12-16-13-23(10-11-24(16)22-17)19(26)20(8-3-9-20)14-4-6-15(21)7-5-14/h4-7,12,18,25H,2-3,8-11,13H2,1H3/t18-/m1/s1. The lowest BCUT2D eigenvalue weighted by Crippen LogP contribution is -2.52. The lowest BCUT2D eigenvalue weighted by molar-refractivity contribution is -0.142. The quantitative estimate of drug-likeness (QED) is 0.893. The maximum absolute atomic E-state index is 13.4. The van der Waals surface area contributed by atoms with Crippen LogP contribution in [0, 0.1) is 0 Å². The van der Waals surface area contributed by atoms with Crippen LogP contribution in [0.25, 0.3) is 0 Å². The van der Waals surface area contributed by atoms with Crippen molar-refractivity contribution in [2.45, 2.75) is 57.2 Å². The van der Waals surface area contributed by atoms with Crippen LogP contribution in [0.1, 0.15) is 55.7 Å². The van der Waals surface area contributed by atoms with Gasteiger partial charge in [-0.2, -0.15) is 5.10 Å². The molecule has 0 unspecified atom stereocenters. The van der Waals surface area contributed by atoms with Gasteiger partial charge in [0.1, 0.15) is 0 Å². The van der Waals surface area contributed by atoms with Crippen molar-refractivity contribution in [2.75, 3.05) is 6.54 Å². The SMILES string of the molecule is CC[C@@H](O)c1cc2n(n1)CCN(C(=O)C1(c3ccc(Cl)cc3)CCC1)C2. The number of rotatable bonds is 4. The fourth-order valence-corrected chi connectivity index (χ4v) is 4.19. The maximum Gasteiger partial charge on any atom is 0.233 e. The Morgan fingerprint density at radius 1 is 1.31 bits per heavy atom. The van der Waals surface area contributed by atoms with Crippen LogP contribution in [0.4, 0.5) is 0 Å². The number of fused-ring (bicyclic) bond motifs is 1. The monoisotopic (exact) mass is 373 g/mol. The van der Waals surface area contributed by atoms with Gasteiger partial charge in [-0.3, -0.25) is 9.48 Å². The van der Waals surface area contributed by atoms with Gasteiger partial charge < -0.3 is 10.0 Å². The van der Waals surface area contributed by atoms with Crippen LogP contribution in [-0.4, -0.2) is 32.2 Å². The van der Waals surface area contributed by atoms with E-state index < -0.39 is 11.5 Å². The number of aliphatic hydroxyl groups excluding tert-OH is 1. The summed E-state index contributed by atoms with van der Waals surface area (Å²) in [7, 11) is 0. The molecule has 5 nitrogen and oxygen atoms in total. The molecule has 2 aromatic rings. The first-order chi connectivity index (χ1) is 12.5. The van der Waals surface area contributed by atoms with Gasteiger partial charge in [-0.15, -0.1) is 0 Å². The molecule has 2 aliphatic rings. The summed E-state index contributed by atoms with van der Waals surface area (Å²) < 4.78 is 1.92. The van der Waals surface area contributed by atoms with Gasteiger partial charge in [0.15, 0.2) is 0 Å². The number of benzene rings is 1. The number of hydrogen-bond donors (Lipinski definition) is 1. The zero-order valence-corrected chi connectivity index (χ0v) is 15.7. The molecule has 1 aromatic carbocycles. The maximum atomic E-state index is 13.4. The predicted octanol–water partition coefficient (Wildman–Crippen LogP) is 3.44. The van der Waals surface area contributed by atoms with E-state index in [1.54, 1.807) is 0 Å². The third-order valence-corrected chi connectivity index (χ3v) is 6.10. The molecule has 6 heteroatoms. The average molecular weight is 374 g/mol. The number of hydrogen-bond acceptors (Lipinski definition) is 3. The van der Waals surface area contributed by atoms with Crippen molar-refractivity contribution in [3.8, 4) is 0 Å². The van der Waals surface area contributed by atoms with Crippen molar-refractivity contribution < 1.29 is 9.90 Å². The van der Waals surface area contributed by atoms with Gasteiger partial charge in [0.2, 0.25) is 5.91 Å². The summed E-state index contributed by atoms with van der Waals surface area (Å²) in [5.74, 6) is 0.205. The Morgan fingerprint density at radius 3 is 2.65 bits per heavy atom. The van der Waals surface area contributed by atoms with Crippen LogP contribution in [0.3, 0.4) is 0 Å². The highest BCUT2D eigenvalue weighted by Crippen LogP contribution is 2.46. The summed E-state index contributed by atoms with van der Waals surface area (Å²) in [5, 5.41) is 15.2. The first-order valence-corrected chi connectivity index (χ1v) is 9.71. The summed E-state index contributed by atoms with van der Waals surface area (Å²) in [6, 6.07) is 9.65. The third-order valence-electron chi connectivity index (χ3n) is 5.85. The van der Waals surface area contributed by atoms with Gasteiger partial charge in [-0.05, 0) is 43.0 Å². The normalized spacial score (nSPS) is 19.6. The molecule has 0 bridgehead atoms. The van der Waals surface area contributed by atoms with Gasteiger partial charge in [0.25, 0.3) is 0 Å². The Kier molecular flexibility index (Phi) is 4.53. The second kappa shape index (κ2) is 6.71. The number of aromatic nitrogens is 2. The van der Waals surface area contributed by atoms with Gasteiger partial charge in [0, 0.05) is 11.6 Å². The molecule has 2 heterocycles. The Bertz CT molecular complexity index is 811. The summed E-state index contributed by atoms with van der Waals surface area (Å²) in [4.78, 5) is 15.4. The molecular formula is C20H24ClN3O2. The Balaban J connectivity index is 1.57. The minimum Gasteiger partial charge on any atom is -0.387 e. The lowest BCUT2D eigenvalue weighted by atomic mass is 9.63. The Hall–Kier alpha value is -1.85. The molecule has 1 saturated carbocycles. The minimum atomic E-state index is -0.538. The number of nitrogens with zero attached hydrogens (tertiary/aromatic N) is 3. The first-order valence-electron chi connectivity index (χ1n) is 9.33. The molecule has 0 spiro atoms. The third kappa shape index (κ3) is 2.83. The lowest BCUT2D eigenvalue weighted by Gasteiger charge is -2.44. The molecule has 1 amide bonds. The molecule has 1 atom stereocenters. The molecule has 1 N–H and O–H groups in total. The van der Waals surface area contributed by atoms with Crippen LogP contribution < -0.4 is 0 Å². The smallest absolute Gasteiger partial charge is 0.233 e. The van der Waals surface area contributed by atoms with Gasteiger partial charge >= 0.3 is 0 Å². The van der Waals surface area contributed by atoms with Crippen molar-refractivity contribution in [2.24, 2.45) is 0 Å². The first kappa shape index (κ1) is 17.6. The van der Waals surface area contributed by atoms with Gasteiger partial charge in [-0.25, -0.2) is 0 Å². The number of carbonyl (C=O) groups is 1. The Morgan fingerprint density at radius 2 is 2.04 bits per heavy atom. The van der Waals surface area contributed by atoms with Gasteiger partial charge in [-0.1, -0.05) is 37.1 Å². The zero-order valence-electron chi connectivity index (χ0n) is 15.0. The average Bonchev–Trinajstić information content (AvgIpc) is 3.04. The summed E-state index contributed by atoms with van der Waals surface area (Å²) >= 11 is 6.02. The van der Waals surface area contributed by atoms with E-state index >= 15 is 0 Å². The number of amides is 1. The van der Waals surface area contributed by atoms with E-state index in [0.29, 0.717) is 36.8 Å². The zero-order chi connectivity index (χ0) is 18.3.